The molecule has 3 rings (SSSR count). The molecule has 0 unspecified atom stereocenters. The number of rotatable bonds is 7. The number of aryl methyl sites for hydroxylation is 1. The third-order valence-corrected chi connectivity index (χ3v) is 5.51. The maximum Gasteiger partial charge on any atom is 0.279 e. The van der Waals surface area contributed by atoms with E-state index in [-0.39, 0.29) is 0 Å². The van der Waals surface area contributed by atoms with Gasteiger partial charge >= 0.3 is 0 Å². The predicted molar refractivity (Wildman–Crippen MR) is 112 cm³/mol. The highest BCUT2D eigenvalue weighted by Crippen LogP contribution is 2.27. The predicted octanol–water partition coefficient (Wildman–Crippen LogP) is 3.45. The Morgan fingerprint density at radius 3 is 2.48 bits per heavy atom. The summed E-state index contributed by atoms with van der Waals surface area (Å²) in [6, 6.07) is 12.9. The molecule has 1 aliphatic rings. The SMILES string of the molecule is Cc1c[n+]([O-])c(N[C@H]2CC[C@@H](CNCc3ccccc3)CC2)cc1N(C)C. The standard InChI is InChI=1S/C22H32N4O/c1-17-16-26(27)22(13-21(17)25(2)3)24-20-11-9-19(10-12-20)15-23-14-18-7-5-4-6-8-18/h4-8,13,16,19-20,23-24H,9-12,14-15H2,1-3H3/t19-,20+. The largest absolute Gasteiger partial charge is 0.711 e. The van der Waals surface area contributed by atoms with Crippen LogP contribution in [0.4, 0.5) is 11.5 Å². The van der Waals surface area contributed by atoms with Crippen molar-refractivity contribution in [2.24, 2.45) is 5.92 Å². The Morgan fingerprint density at radius 2 is 1.81 bits per heavy atom. The van der Waals surface area contributed by atoms with E-state index in [2.05, 4.69) is 45.9 Å². The quantitative estimate of drug-likeness (QED) is 0.580. The maximum absolute atomic E-state index is 12.3. The molecule has 2 aromatic rings. The Labute approximate surface area is 163 Å². The summed E-state index contributed by atoms with van der Waals surface area (Å²) >= 11 is 0. The van der Waals surface area contributed by atoms with Gasteiger partial charge < -0.3 is 15.4 Å². The smallest absolute Gasteiger partial charge is 0.279 e. The molecule has 27 heavy (non-hydrogen) atoms. The van der Waals surface area contributed by atoms with Gasteiger partial charge in [-0.25, -0.2) is 4.73 Å². The molecule has 0 spiro atoms. The zero-order valence-corrected chi connectivity index (χ0v) is 16.7. The van der Waals surface area contributed by atoms with E-state index in [1.54, 1.807) is 6.20 Å². The molecule has 1 aromatic heterocycles. The van der Waals surface area contributed by atoms with Gasteiger partial charge in [0.15, 0.2) is 0 Å². The van der Waals surface area contributed by atoms with E-state index >= 15 is 0 Å². The molecule has 0 bridgehead atoms. The molecule has 5 heteroatoms. The van der Waals surface area contributed by atoms with Crippen molar-refractivity contribution in [2.45, 2.75) is 45.2 Å². The number of hydrogen-bond donors (Lipinski definition) is 2. The van der Waals surface area contributed by atoms with Gasteiger partial charge in [0.2, 0.25) is 0 Å². The fourth-order valence-electron chi connectivity index (χ4n) is 3.94. The van der Waals surface area contributed by atoms with E-state index < -0.39 is 0 Å². The molecule has 1 aromatic carbocycles. The second-order valence-electron chi connectivity index (χ2n) is 7.93. The summed E-state index contributed by atoms with van der Waals surface area (Å²) in [6.07, 6.45) is 6.29. The van der Waals surface area contributed by atoms with Gasteiger partial charge in [-0.1, -0.05) is 30.3 Å². The van der Waals surface area contributed by atoms with Crippen LogP contribution in [0.15, 0.2) is 42.6 Å². The van der Waals surface area contributed by atoms with Crippen molar-refractivity contribution in [2.75, 3.05) is 30.9 Å². The van der Waals surface area contributed by atoms with E-state index in [0.717, 1.165) is 47.8 Å². The number of hydrogen-bond acceptors (Lipinski definition) is 4. The molecular weight excluding hydrogens is 336 g/mol. The van der Waals surface area contributed by atoms with Crippen LogP contribution in [0.25, 0.3) is 0 Å². The molecule has 0 aliphatic heterocycles. The summed E-state index contributed by atoms with van der Waals surface area (Å²) in [6.45, 7) is 3.98. The molecule has 1 fully saturated rings. The highest BCUT2D eigenvalue weighted by atomic mass is 16.5. The third kappa shape index (κ3) is 5.36. The first-order valence-corrected chi connectivity index (χ1v) is 9.95. The van der Waals surface area contributed by atoms with Crippen molar-refractivity contribution in [1.82, 2.24) is 5.32 Å². The van der Waals surface area contributed by atoms with Gasteiger partial charge in [0.25, 0.3) is 5.82 Å². The minimum Gasteiger partial charge on any atom is -0.711 e. The topological polar surface area (TPSA) is 54.2 Å². The van der Waals surface area contributed by atoms with Crippen LogP contribution < -0.4 is 20.3 Å². The van der Waals surface area contributed by atoms with Gasteiger partial charge in [0.1, 0.15) is 0 Å². The molecule has 0 saturated heterocycles. The van der Waals surface area contributed by atoms with Gasteiger partial charge in [-0.05, 0) is 50.6 Å². The molecule has 0 atom stereocenters. The van der Waals surface area contributed by atoms with Gasteiger partial charge in [-0.3, -0.25) is 5.32 Å². The number of anilines is 2. The Balaban J connectivity index is 1.46. The van der Waals surface area contributed by atoms with Gasteiger partial charge in [0.05, 0.1) is 24.0 Å². The monoisotopic (exact) mass is 368 g/mol. The molecule has 146 valence electrons. The van der Waals surface area contributed by atoms with Crippen LogP contribution >= 0.6 is 0 Å². The number of nitrogens with one attached hydrogen (secondary N) is 2. The first-order chi connectivity index (χ1) is 13.0. The van der Waals surface area contributed by atoms with E-state index in [0.29, 0.717) is 11.9 Å². The summed E-state index contributed by atoms with van der Waals surface area (Å²) in [5, 5.41) is 19.3. The summed E-state index contributed by atoms with van der Waals surface area (Å²) in [7, 11) is 4.02. The van der Waals surface area contributed by atoms with Crippen molar-refractivity contribution in [3.8, 4) is 0 Å². The van der Waals surface area contributed by atoms with Crippen LogP contribution in [0.3, 0.4) is 0 Å². The molecule has 5 nitrogen and oxygen atoms in total. The molecule has 1 aliphatic carbocycles. The molecule has 0 amide bonds. The van der Waals surface area contributed by atoms with E-state index in [4.69, 9.17) is 0 Å². The zero-order valence-electron chi connectivity index (χ0n) is 16.7. The molecule has 0 radical (unpaired) electrons. The second-order valence-corrected chi connectivity index (χ2v) is 7.93. The van der Waals surface area contributed by atoms with E-state index in [1.807, 2.05) is 27.1 Å². The van der Waals surface area contributed by atoms with Crippen LogP contribution in [0.5, 0.6) is 0 Å². The van der Waals surface area contributed by atoms with E-state index in [1.165, 1.54) is 18.4 Å². The number of nitrogens with zero attached hydrogens (tertiary/aromatic N) is 2. The van der Waals surface area contributed by atoms with Crippen molar-refractivity contribution < 1.29 is 4.73 Å². The molecule has 2 N–H and O–H groups in total. The lowest BCUT2D eigenvalue weighted by atomic mass is 9.86. The van der Waals surface area contributed by atoms with Crippen molar-refractivity contribution >= 4 is 11.5 Å². The summed E-state index contributed by atoms with van der Waals surface area (Å²) in [4.78, 5) is 2.05. The van der Waals surface area contributed by atoms with Crippen LogP contribution in [-0.2, 0) is 6.54 Å². The summed E-state index contributed by atoms with van der Waals surface area (Å²) in [5.41, 5.74) is 3.42. The lowest BCUT2D eigenvalue weighted by Gasteiger charge is -2.28. The minimum atomic E-state index is 0.383. The van der Waals surface area contributed by atoms with Crippen LogP contribution in [0.1, 0.15) is 36.8 Å². The van der Waals surface area contributed by atoms with Crippen molar-refractivity contribution in [3.63, 3.8) is 0 Å². The average molecular weight is 369 g/mol. The average Bonchev–Trinajstić information content (AvgIpc) is 2.66. The van der Waals surface area contributed by atoms with Crippen molar-refractivity contribution in [3.05, 3.63) is 58.9 Å². The van der Waals surface area contributed by atoms with Gasteiger partial charge in [-0.2, -0.15) is 0 Å². The van der Waals surface area contributed by atoms with Gasteiger partial charge in [-0.15, -0.1) is 0 Å². The zero-order chi connectivity index (χ0) is 19.2. The van der Waals surface area contributed by atoms with Gasteiger partial charge in [0, 0.05) is 26.2 Å². The second kappa shape index (κ2) is 9.09. The lowest BCUT2D eigenvalue weighted by molar-refractivity contribution is -0.590. The normalized spacial score (nSPS) is 19.7. The highest BCUT2D eigenvalue weighted by molar-refractivity contribution is 5.55. The Morgan fingerprint density at radius 1 is 1.11 bits per heavy atom. The fraction of sp³-hybridized carbons (Fsp3) is 0.500. The van der Waals surface area contributed by atoms with Crippen LogP contribution in [-0.4, -0.2) is 26.7 Å². The molecular formula is C22H32N4O. The minimum absolute atomic E-state index is 0.383. The first kappa shape index (κ1) is 19.5. The third-order valence-electron chi connectivity index (χ3n) is 5.51. The number of benzene rings is 1. The maximum atomic E-state index is 12.3. The lowest BCUT2D eigenvalue weighted by Crippen LogP contribution is -2.37. The Kier molecular flexibility index (Phi) is 6.56. The Hall–Kier alpha value is -2.27. The van der Waals surface area contributed by atoms with Crippen molar-refractivity contribution in [1.29, 1.82) is 0 Å². The summed E-state index contributed by atoms with van der Waals surface area (Å²) in [5.74, 6) is 1.39. The highest BCUT2D eigenvalue weighted by Gasteiger charge is 2.25. The fourth-order valence-corrected chi connectivity index (χ4v) is 3.94. The van der Waals surface area contributed by atoms with E-state index in [9.17, 15) is 5.21 Å². The van der Waals surface area contributed by atoms with Crippen LogP contribution in [0.2, 0.25) is 0 Å². The number of aromatic nitrogens is 1. The van der Waals surface area contributed by atoms with Crippen LogP contribution in [0, 0.1) is 18.0 Å². The molecule has 1 heterocycles. The molecule has 1 saturated carbocycles. The Bertz CT molecular complexity index is 725. The number of pyridine rings is 1. The first-order valence-electron chi connectivity index (χ1n) is 9.95. The summed E-state index contributed by atoms with van der Waals surface area (Å²) < 4.78 is 0.968.